The van der Waals surface area contributed by atoms with Crippen molar-refractivity contribution in [3.05, 3.63) is 63.2 Å². The van der Waals surface area contributed by atoms with Crippen LogP contribution in [0.4, 0.5) is 11.4 Å². The molecule has 1 amide bonds. The number of fused-ring (bicyclic) bond motifs is 1. The first-order valence-corrected chi connectivity index (χ1v) is 9.58. The van der Waals surface area contributed by atoms with E-state index in [4.69, 9.17) is 16.3 Å². The number of carbonyl (C=O) groups excluding carboxylic acids is 1. The molecular weight excluding hydrogens is 382 g/mol. The van der Waals surface area contributed by atoms with E-state index in [1.807, 2.05) is 17.0 Å². The van der Waals surface area contributed by atoms with Crippen LogP contribution in [0, 0.1) is 16.0 Å². The number of ether oxygens (including phenoxy) is 1. The number of anilines is 1. The van der Waals surface area contributed by atoms with E-state index in [9.17, 15) is 14.9 Å². The van der Waals surface area contributed by atoms with Crippen molar-refractivity contribution < 1.29 is 14.5 Å². The summed E-state index contributed by atoms with van der Waals surface area (Å²) in [6.07, 6.45) is 0.636. The molecule has 1 atom stereocenters. The topological polar surface area (TPSA) is 75.9 Å². The lowest BCUT2D eigenvalue weighted by molar-refractivity contribution is -0.384. The molecule has 0 spiro atoms. The van der Waals surface area contributed by atoms with Gasteiger partial charge >= 0.3 is 0 Å². The molecule has 0 saturated carbocycles. The van der Waals surface area contributed by atoms with Crippen molar-refractivity contribution in [1.82, 2.24) is 4.90 Å². The van der Waals surface area contributed by atoms with Gasteiger partial charge in [-0.25, -0.2) is 0 Å². The molecule has 0 aromatic heterocycles. The molecule has 1 saturated heterocycles. The van der Waals surface area contributed by atoms with E-state index in [1.165, 1.54) is 12.1 Å². The van der Waals surface area contributed by atoms with Crippen molar-refractivity contribution in [2.45, 2.75) is 6.42 Å². The highest BCUT2D eigenvalue weighted by Crippen LogP contribution is 2.31. The minimum Gasteiger partial charge on any atom is -0.492 e. The number of hydrogen-bond donors (Lipinski definition) is 0. The number of nitrogens with zero attached hydrogens (tertiary/aromatic N) is 3. The summed E-state index contributed by atoms with van der Waals surface area (Å²) in [5, 5.41) is 11.4. The van der Waals surface area contributed by atoms with Crippen molar-refractivity contribution in [1.29, 1.82) is 0 Å². The Morgan fingerprint density at radius 2 is 1.82 bits per heavy atom. The van der Waals surface area contributed by atoms with Crippen molar-refractivity contribution in [2.24, 2.45) is 5.92 Å². The predicted octanol–water partition coefficient (Wildman–Crippen LogP) is 3.15. The standard InChI is InChI=1S/C20H20ClN3O4/c21-16-1-6-19-14(12-16)11-15(13-28-19)20(25)23-9-7-22(8-10-23)17-2-4-18(5-3-17)24(26)27/h1-6,12,15H,7-11,13H2. The molecule has 0 radical (unpaired) electrons. The zero-order valence-corrected chi connectivity index (χ0v) is 16.0. The number of piperazine rings is 1. The number of non-ortho nitro benzene ring substituents is 1. The van der Waals surface area contributed by atoms with E-state index < -0.39 is 4.92 Å². The van der Waals surface area contributed by atoms with Gasteiger partial charge in [-0.2, -0.15) is 0 Å². The van der Waals surface area contributed by atoms with Crippen LogP contribution in [-0.2, 0) is 11.2 Å². The Balaban J connectivity index is 1.36. The molecule has 2 aliphatic rings. The summed E-state index contributed by atoms with van der Waals surface area (Å²) in [7, 11) is 0. The molecule has 0 aliphatic carbocycles. The first-order valence-electron chi connectivity index (χ1n) is 9.20. The highest BCUT2D eigenvalue weighted by Gasteiger charge is 2.31. The van der Waals surface area contributed by atoms with Gasteiger partial charge in [0, 0.05) is 49.0 Å². The van der Waals surface area contributed by atoms with Crippen LogP contribution in [0.1, 0.15) is 5.56 Å². The molecule has 1 unspecified atom stereocenters. The van der Waals surface area contributed by atoms with Gasteiger partial charge in [-0.15, -0.1) is 0 Å². The number of rotatable bonds is 3. The van der Waals surface area contributed by atoms with Crippen LogP contribution in [0.25, 0.3) is 0 Å². The van der Waals surface area contributed by atoms with Crippen LogP contribution in [0.3, 0.4) is 0 Å². The number of hydrogen-bond acceptors (Lipinski definition) is 5. The third-order valence-electron chi connectivity index (χ3n) is 5.30. The maximum Gasteiger partial charge on any atom is 0.269 e. The molecule has 2 heterocycles. The monoisotopic (exact) mass is 401 g/mol. The summed E-state index contributed by atoms with van der Waals surface area (Å²) in [4.78, 5) is 27.3. The Morgan fingerprint density at radius 3 is 2.50 bits per heavy atom. The number of benzene rings is 2. The maximum absolute atomic E-state index is 12.9. The van der Waals surface area contributed by atoms with Crippen LogP contribution < -0.4 is 9.64 Å². The van der Waals surface area contributed by atoms with Gasteiger partial charge in [-0.05, 0) is 42.3 Å². The van der Waals surface area contributed by atoms with Gasteiger partial charge < -0.3 is 14.5 Å². The number of amides is 1. The molecule has 2 aromatic carbocycles. The third-order valence-corrected chi connectivity index (χ3v) is 5.53. The van der Waals surface area contributed by atoms with Crippen molar-refractivity contribution in [3.8, 4) is 5.75 Å². The smallest absolute Gasteiger partial charge is 0.269 e. The lowest BCUT2D eigenvalue weighted by atomic mass is 9.95. The molecule has 2 aliphatic heterocycles. The fourth-order valence-electron chi connectivity index (χ4n) is 3.75. The van der Waals surface area contributed by atoms with Gasteiger partial charge in [0.05, 0.1) is 10.8 Å². The molecule has 8 heteroatoms. The third kappa shape index (κ3) is 3.75. The Bertz CT molecular complexity index is 895. The van der Waals surface area contributed by atoms with Crippen molar-refractivity contribution >= 4 is 28.9 Å². The average molecular weight is 402 g/mol. The van der Waals surface area contributed by atoms with Crippen LogP contribution in [0.5, 0.6) is 5.75 Å². The summed E-state index contributed by atoms with van der Waals surface area (Å²) in [5.41, 5.74) is 1.99. The van der Waals surface area contributed by atoms with E-state index in [0.29, 0.717) is 44.2 Å². The Labute approximate surface area is 167 Å². The SMILES string of the molecule is O=C(C1COc2ccc(Cl)cc2C1)N1CCN(c2ccc([N+](=O)[O-])cc2)CC1. The fourth-order valence-corrected chi connectivity index (χ4v) is 3.94. The Kier molecular flexibility index (Phi) is 5.09. The summed E-state index contributed by atoms with van der Waals surface area (Å²) in [6.45, 7) is 3.01. The molecule has 0 N–H and O–H groups in total. The number of nitro benzene ring substituents is 1. The largest absolute Gasteiger partial charge is 0.492 e. The quantitative estimate of drug-likeness (QED) is 0.583. The predicted molar refractivity (Wildman–Crippen MR) is 106 cm³/mol. The van der Waals surface area contributed by atoms with Gasteiger partial charge in [0.15, 0.2) is 0 Å². The Hall–Kier alpha value is -2.80. The van der Waals surface area contributed by atoms with Crippen molar-refractivity contribution in [2.75, 3.05) is 37.7 Å². The lowest BCUT2D eigenvalue weighted by Gasteiger charge is -2.38. The molecular formula is C20H20ClN3O4. The summed E-state index contributed by atoms with van der Waals surface area (Å²) in [6, 6.07) is 12.0. The van der Waals surface area contributed by atoms with Gasteiger partial charge in [0.2, 0.25) is 5.91 Å². The molecule has 28 heavy (non-hydrogen) atoms. The van der Waals surface area contributed by atoms with E-state index in [0.717, 1.165) is 17.0 Å². The van der Waals surface area contributed by atoms with Gasteiger partial charge in [-0.1, -0.05) is 11.6 Å². The first-order chi connectivity index (χ1) is 13.5. The summed E-state index contributed by atoms with van der Waals surface area (Å²) >= 11 is 6.06. The van der Waals surface area contributed by atoms with E-state index in [-0.39, 0.29) is 17.5 Å². The number of nitro groups is 1. The maximum atomic E-state index is 12.9. The van der Waals surface area contributed by atoms with E-state index >= 15 is 0 Å². The number of carbonyl (C=O) groups is 1. The zero-order chi connectivity index (χ0) is 19.7. The molecule has 146 valence electrons. The minimum absolute atomic E-state index is 0.0789. The van der Waals surface area contributed by atoms with Crippen LogP contribution in [-0.4, -0.2) is 48.5 Å². The molecule has 2 aromatic rings. The van der Waals surface area contributed by atoms with Crippen LogP contribution >= 0.6 is 11.6 Å². The lowest BCUT2D eigenvalue weighted by Crippen LogP contribution is -2.51. The summed E-state index contributed by atoms with van der Waals surface area (Å²) < 4.78 is 5.75. The highest BCUT2D eigenvalue weighted by molar-refractivity contribution is 6.30. The molecule has 4 rings (SSSR count). The minimum atomic E-state index is -0.405. The van der Waals surface area contributed by atoms with E-state index in [1.54, 1.807) is 18.2 Å². The molecule has 7 nitrogen and oxygen atoms in total. The normalized spacial score (nSPS) is 19.0. The zero-order valence-electron chi connectivity index (χ0n) is 15.2. The summed E-state index contributed by atoms with van der Waals surface area (Å²) in [5.74, 6) is 0.710. The van der Waals surface area contributed by atoms with Crippen molar-refractivity contribution in [3.63, 3.8) is 0 Å². The second-order valence-electron chi connectivity index (χ2n) is 7.05. The fraction of sp³-hybridized carbons (Fsp3) is 0.350. The average Bonchev–Trinajstić information content (AvgIpc) is 2.73. The van der Waals surface area contributed by atoms with Gasteiger partial charge in [0.1, 0.15) is 12.4 Å². The second-order valence-corrected chi connectivity index (χ2v) is 7.49. The van der Waals surface area contributed by atoms with Gasteiger partial charge in [0.25, 0.3) is 5.69 Å². The van der Waals surface area contributed by atoms with Crippen LogP contribution in [0.15, 0.2) is 42.5 Å². The Morgan fingerprint density at radius 1 is 1.11 bits per heavy atom. The second kappa shape index (κ2) is 7.67. The highest BCUT2D eigenvalue weighted by atomic mass is 35.5. The first kappa shape index (κ1) is 18.6. The van der Waals surface area contributed by atoms with Crippen LogP contribution in [0.2, 0.25) is 5.02 Å². The molecule has 1 fully saturated rings. The molecule has 0 bridgehead atoms. The van der Waals surface area contributed by atoms with Gasteiger partial charge in [-0.3, -0.25) is 14.9 Å². The van der Waals surface area contributed by atoms with E-state index in [2.05, 4.69) is 4.90 Å². The number of halogens is 1.